The molecule has 1 atom stereocenters. The van der Waals surface area contributed by atoms with Gasteiger partial charge in [-0.25, -0.2) is 4.39 Å². The Hall–Kier alpha value is -3.73. The van der Waals surface area contributed by atoms with Crippen LogP contribution in [-0.2, 0) is 11.2 Å². The van der Waals surface area contributed by atoms with E-state index >= 15 is 0 Å². The molecule has 0 radical (unpaired) electrons. The number of anilines is 1. The number of carbonyl (C=O) groups excluding carboxylic acids is 1. The SMILES string of the molecule is CCN1C(=O)C(Cc2c[nH]c3ccccc23)N=C(c2ccccc2F)c2ccccc21. The van der Waals surface area contributed by atoms with Gasteiger partial charge in [-0.1, -0.05) is 48.5 Å². The topological polar surface area (TPSA) is 48.5 Å². The number of aromatic amines is 1. The van der Waals surface area contributed by atoms with E-state index in [1.807, 2.05) is 61.7 Å². The number of benzodiazepines with no additional fused rings is 1. The molecule has 3 aromatic carbocycles. The minimum Gasteiger partial charge on any atom is -0.361 e. The van der Waals surface area contributed by atoms with Crippen molar-refractivity contribution in [2.24, 2.45) is 4.99 Å². The lowest BCUT2D eigenvalue weighted by atomic mass is 9.99. The summed E-state index contributed by atoms with van der Waals surface area (Å²) >= 11 is 0. The second-order valence-electron chi connectivity index (χ2n) is 7.64. The van der Waals surface area contributed by atoms with E-state index in [2.05, 4.69) is 4.98 Å². The molecule has 0 aliphatic carbocycles. The third-order valence-electron chi connectivity index (χ3n) is 5.82. The van der Waals surface area contributed by atoms with E-state index in [0.29, 0.717) is 24.2 Å². The van der Waals surface area contributed by atoms with Gasteiger partial charge in [0.15, 0.2) is 0 Å². The molecule has 1 aliphatic heterocycles. The van der Waals surface area contributed by atoms with Crippen LogP contribution in [0.5, 0.6) is 0 Å². The highest BCUT2D eigenvalue weighted by Crippen LogP contribution is 2.31. The van der Waals surface area contributed by atoms with Crippen molar-refractivity contribution in [3.63, 3.8) is 0 Å². The van der Waals surface area contributed by atoms with Crippen LogP contribution in [0.25, 0.3) is 10.9 Å². The molecule has 0 fully saturated rings. The molecule has 1 aromatic heterocycles. The predicted molar refractivity (Wildman–Crippen MR) is 122 cm³/mol. The maximum absolute atomic E-state index is 14.8. The number of amides is 1. The second kappa shape index (κ2) is 7.84. The fourth-order valence-electron chi connectivity index (χ4n) is 4.32. The lowest BCUT2D eigenvalue weighted by molar-refractivity contribution is -0.119. The summed E-state index contributed by atoms with van der Waals surface area (Å²) in [5.74, 6) is -0.425. The molecule has 0 saturated heterocycles. The average molecular weight is 411 g/mol. The zero-order valence-corrected chi connectivity index (χ0v) is 17.2. The Labute approximate surface area is 180 Å². The number of halogens is 1. The number of H-pyrrole nitrogens is 1. The zero-order chi connectivity index (χ0) is 21.4. The molecular formula is C26H22FN3O. The lowest BCUT2D eigenvalue weighted by Crippen LogP contribution is -2.38. The molecule has 154 valence electrons. The lowest BCUT2D eigenvalue weighted by Gasteiger charge is -2.23. The zero-order valence-electron chi connectivity index (χ0n) is 17.2. The van der Waals surface area contributed by atoms with Crippen molar-refractivity contribution >= 4 is 28.2 Å². The summed E-state index contributed by atoms with van der Waals surface area (Å²) in [6.07, 6.45) is 2.37. The van der Waals surface area contributed by atoms with Crippen LogP contribution < -0.4 is 4.90 Å². The van der Waals surface area contributed by atoms with Gasteiger partial charge in [-0.3, -0.25) is 9.79 Å². The van der Waals surface area contributed by atoms with E-state index in [0.717, 1.165) is 27.7 Å². The van der Waals surface area contributed by atoms with Gasteiger partial charge in [0.2, 0.25) is 0 Å². The molecule has 5 heteroatoms. The van der Waals surface area contributed by atoms with Gasteiger partial charge >= 0.3 is 0 Å². The first-order valence-electron chi connectivity index (χ1n) is 10.5. The van der Waals surface area contributed by atoms with Crippen LogP contribution in [0.3, 0.4) is 0 Å². The first-order valence-corrected chi connectivity index (χ1v) is 10.5. The summed E-state index contributed by atoms with van der Waals surface area (Å²) in [7, 11) is 0. The van der Waals surface area contributed by atoms with Crippen molar-refractivity contribution < 1.29 is 9.18 Å². The van der Waals surface area contributed by atoms with E-state index in [1.54, 1.807) is 23.1 Å². The summed E-state index contributed by atoms with van der Waals surface area (Å²) in [6.45, 7) is 2.46. The molecule has 4 aromatic rings. The van der Waals surface area contributed by atoms with Gasteiger partial charge in [0.05, 0.1) is 11.4 Å². The van der Waals surface area contributed by atoms with Gasteiger partial charge in [0.1, 0.15) is 11.9 Å². The summed E-state index contributed by atoms with van der Waals surface area (Å²) in [6, 6.07) is 21.6. The minimum atomic E-state index is -0.652. The Morgan fingerprint density at radius 1 is 0.968 bits per heavy atom. The standard InChI is InChI=1S/C26H22FN3O/c1-2-30-24-14-8-5-11-20(24)25(19-10-3-6-12-21(19)27)29-23(26(30)31)15-17-16-28-22-13-7-4-9-18(17)22/h3-14,16,23,28H,2,15H2,1H3. The number of nitrogens with zero attached hydrogens (tertiary/aromatic N) is 2. The van der Waals surface area contributed by atoms with Crippen molar-refractivity contribution in [1.29, 1.82) is 0 Å². The molecule has 1 aliphatic rings. The van der Waals surface area contributed by atoms with Crippen LogP contribution in [0, 0.1) is 5.82 Å². The Kier molecular flexibility index (Phi) is 4.86. The molecule has 2 heterocycles. The number of aliphatic imine (C=N–C) groups is 1. The summed E-state index contributed by atoms with van der Waals surface area (Å²) in [5, 5.41) is 1.07. The maximum atomic E-state index is 14.8. The van der Waals surface area contributed by atoms with E-state index in [9.17, 15) is 9.18 Å². The van der Waals surface area contributed by atoms with Crippen LogP contribution >= 0.6 is 0 Å². The number of aromatic nitrogens is 1. The van der Waals surface area contributed by atoms with Crippen LogP contribution in [0.15, 0.2) is 84.0 Å². The molecule has 1 amide bonds. The number of para-hydroxylation sites is 2. The number of nitrogens with one attached hydrogen (secondary N) is 1. The van der Waals surface area contributed by atoms with Crippen molar-refractivity contribution in [2.75, 3.05) is 11.4 Å². The summed E-state index contributed by atoms with van der Waals surface area (Å²) < 4.78 is 14.8. The highest BCUT2D eigenvalue weighted by molar-refractivity contribution is 6.20. The van der Waals surface area contributed by atoms with Crippen LogP contribution in [0.1, 0.15) is 23.6 Å². The Bertz CT molecular complexity index is 1310. The molecule has 0 bridgehead atoms. The van der Waals surface area contributed by atoms with Crippen molar-refractivity contribution in [1.82, 2.24) is 4.98 Å². The molecule has 0 spiro atoms. The van der Waals surface area contributed by atoms with Gasteiger partial charge in [0.25, 0.3) is 5.91 Å². The largest absolute Gasteiger partial charge is 0.361 e. The molecule has 31 heavy (non-hydrogen) atoms. The molecule has 4 nitrogen and oxygen atoms in total. The van der Waals surface area contributed by atoms with E-state index in [1.165, 1.54) is 6.07 Å². The molecule has 0 saturated carbocycles. The number of hydrogen-bond donors (Lipinski definition) is 1. The number of benzene rings is 3. The number of fused-ring (bicyclic) bond motifs is 2. The van der Waals surface area contributed by atoms with Crippen LogP contribution in [0.4, 0.5) is 10.1 Å². The van der Waals surface area contributed by atoms with Gasteiger partial charge in [-0.05, 0) is 36.8 Å². The fraction of sp³-hybridized carbons (Fsp3) is 0.154. The predicted octanol–water partition coefficient (Wildman–Crippen LogP) is 5.12. The molecule has 1 N–H and O–H groups in total. The third-order valence-corrected chi connectivity index (χ3v) is 5.82. The summed E-state index contributed by atoms with van der Waals surface area (Å²) in [4.78, 5) is 23.5. The molecule has 1 unspecified atom stereocenters. The van der Waals surface area contributed by atoms with Crippen LogP contribution in [0.2, 0.25) is 0 Å². The van der Waals surface area contributed by atoms with Gasteiger partial charge in [-0.15, -0.1) is 0 Å². The Balaban J connectivity index is 1.68. The fourth-order valence-corrected chi connectivity index (χ4v) is 4.32. The van der Waals surface area contributed by atoms with Crippen molar-refractivity contribution in [3.8, 4) is 0 Å². The second-order valence-corrected chi connectivity index (χ2v) is 7.64. The number of likely N-dealkylation sites (N-methyl/N-ethyl adjacent to an activating group) is 1. The Morgan fingerprint density at radius 3 is 2.48 bits per heavy atom. The normalized spacial score (nSPS) is 16.2. The van der Waals surface area contributed by atoms with E-state index < -0.39 is 6.04 Å². The molecule has 5 rings (SSSR count). The number of hydrogen-bond acceptors (Lipinski definition) is 2. The smallest absolute Gasteiger partial charge is 0.252 e. The Morgan fingerprint density at radius 2 is 1.68 bits per heavy atom. The van der Waals surface area contributed by atoms with Gasteiger partial charge < -0.3 is 9.88 Å². The average Bonchev–Trinajstić information content (AvgIpc) is 3.16. The van der Waals surface area contributed by atoms with E-state index in [-0.39, 0.29) is 11.7 Å². The first-order chi connectivity index (χ1) is 15.2. The van der Waals surface area contributed by atoms with Crippen LogP contribution in [-0.4, -0.2) is 29.2 Å². The molecular weight excluding hydrogens is 389 g/mol. The summed E-state index contributed by atoms with van der Waals surface area (Å²) in [5.41, 5.74) is 4.50. The highest BCUT2D eigenvalue weighted by atomic mass is 19.1. The first kappa shape index (κ1) is 19.2. The highest BCUT2D eigenvalue weighted by Gasteiger charge is 2.32. The monoisotopic (exact) mass is 411 g/mol. The number of carbonyl (C=O) groups is 1. The third kappa shape index (κ3) is 3.32. The van der Waals surface area contributed by atoms with E-state index in [4.69, 9.17) is 4.99 Å². The van der Waals surface area contributed by atoms with Gasteiger partial charge in [0, 0.05) is 41.2 Å². The quantitative estimate of drug-likeness (QED) is 0.498. The van der Waals surface area contributed by atoms with Gasteiger partial charge in [-0.2, -0.15) is 0 Å². The van der Waals surface area contributed by atoms with Crippen molar-refractivity contribution in [2.45, 2.75) is 19.4 Å². The number of rotatable bonds is 4. The van der Waals surface area contributed by atoms with Crippen molar-refractivity contribution in [3.05, 3.63) is 102 Å². The maximum Gasteiger partial charge on any atom is 0.252 e. The minimum absolute atomic E-state index is 0.0772.